The van der Waals surface area contributed by atoms with E-state index in [4.69, 9.17) is 11.2 Å². The highest BCUT2D eigenvalue weighted by Crippen LogP contribution is 2.28. The summed E-state index contributed by atoms with van der Waals surface area (Å²) in [6.45, 7) is 0. The molecule has 0 unspecified atom stereocenters. The van der Waals surface area contributed by atoms with Crippen molar-refractivity contribution in [2.75, 3.05) is 7.11 Å². The van der Waals surface area contributed by atoms with Crippen LogP contribution in [0.1, 0.15) is 5.56 Å². The van der Waals surface area contributed by atoms with E-state index in [-0.39, 0.29) is 5.75 Å². The molecule has 0 spiro atoms. The number of hydrogen-bond donors (Lipinski definition) is 0. The normalized spacial score (nSPS) is 9.17. The molecule has 0 atom stereocenters. The van der Waals surface area contributed by atoms with Crippen LogP contribution in [0.4, 0.5) is 4.39 Å². The monoisotopic (exact) mass is 228 g/mol. The van der Waals surface area contributed by atoms with E-state index < -0.39 is 5.82 Å². The van der Waals surface area contributed by atoms with Crippen molar-refractivity contribution in [1.82, 2.24) is 0 Å². The van der Waals surface area contributed by atoms with Crippen LogP contribution in [-0.2, 0) is 0 Å². The summed E-state index contributed by atoms with van der Waals surface area (Å²) < 4.78 is 18.4. The van der Waals surface area contributed by atoms with Gasteiger partial charge < -0.3 is 4.74 Å². The van der Waals surface area contributed by atoms with Gasteiger partial charge in [0.05, 0.1) is 11.6 Å². The van der Waals surface area contributed by atoms with Gasteiger partial charge in [-0.05, 0) is 28.1 Å². The molecule has 0 saturated heterocycles. The van der Waals surface area contributed by atoms with Gasteiger partial charge in [0.25, 0.3) is 0 Å². The van der Waals surface area contributed by atoms with Crippen LogP contribution >= 0.6 is 15.9 Å². The molecule has 0 radical (unpaired) electrons. The Balaban J connectivity index is 3.30. The second-order valence-electron chi connectivity index (χ2n) is 2.12. The van der Waals surface area contributed by atoms with Crippen molar-refractivity contribution < 1.29 is 9.13 Å². The predicted octanol–water partition coefficient (Wildman–Crippen LogP) is 2.58. The first-order valence-corrected chi connectivity index (χ1v) is 3.98. The molecule has 0 aliphatic carbocycles. The average molecular weight is 229 g/mol. The molecule has 3 heteroatoms. The molecule has 0 amide bonds. The Labute approximate surface area is 78.7 Å². The van der Waals surface area contributed by atoms with Gasteiger partial charge in [0.2, 0.25) is 0 Å². The average Bonchev–Trinajstić information content (AvgIpc) is 2.03. The lowest BCUT2D eigenvalue weighted by atomic mass is 10.2. The molecular weight excluding hydrogens is 223 g/mol. The number of hydrogen-bond acceptors (Lipinski definition) is 1. The predicted molar refractivity (Wildman–Crippen MR) is 48.6 cm³/mol. The summed E-state index contributed by atoms with van der Waals surface area (Å²) >= 11 is 3.14. The van der Waals surface area contributed by atoms with E-state index in [0.29, 0.717) is 10.0 Å². The Hall–Kier alpha value is -1.01. The molecule has 0 aliphatic rings. The molecule has 1 nitrogen and oxygen atoms in total. The van der Waals surface area contributed by atoms with E-state index in [1.165, 1.54) is 13.2 Å². The minimum absolute atomic E-state index is 0.175. The molecule has 1 aromatic rings. The Kier molecular flexibility index (Phi) is 2.72. The highest BCUT2D eigenvalue weighted by atomic mass is 79.9. The number of methoxy groups -OCH3 is 1. The summed E-state index contributed by atoms with van der Waals surface area (Å²) in [5, 5.41) is 0. The molecule has 0 bridgehead atoms. The van der Waals surface area contributed by atoms with Crippen molar-refractivity contribution in [3.8, 4) is 18.1 Å². The fourth-order valence-electron chi connectivity index (χ4n) is 0.838. The van der Waals surface area contributed by atoms with E-state index in [1.807, 2.05) is 0 Å². The van der Waals surface area contributed by atoms with Crippen molar-refractivity contribution in [2.45, 2.75) is 0 Å². The van der Waals surface area contributed by atoms with Gasteiger partial charge in [0.15, 0.2) is 11.6 Å². The Bertz CT molecular complexity index is 318. The smallest absolute Gasteiger partial charge is 0.168 e. The highest BCUT2D eigenvalue weighted by Gasteiger charge is 2.07. The van der Waals surface area contributed by atoms with Gasteiger partial charge in [0, 0.05) is 5.56 Å². The van der Waals surface area contributed by atoms with Crippen LogP contribution in [0.15, 0.2) is 16.6 Å². The zero-order chi connectivity index (χ0) is 9.14. The maximum atomic E-state index is 13.0. The fourth-order valence-corrected chi connectivity index (χ4v) is 1.44. The van der Waals surface area contributed by atoms with E-state index in [2.05, 4.69) is 21.9 Å². The summed E-state index contributed by atoms with van der Waals surface area (Å²) in [4.78, 5) is 0. The summed E-state index contributed by atoms with van der Waals surface area (Å²) in [7, 11) is 1.40. The highest BCUT2D eigenvalue weighted by molar-refractivity contribution is 9.10. The lowest BCUT2D eigenvalue weighted by Gasteiger charge is -2.04. The van der Waals surface area contributed by atoms with Crippen molar-refractivity contribution in [1.29, 1.82) is 0 Å². The molecule has 0 aliphatic heterocycles. The van der Waals surface area contributed by atoms with Crippen molar-refractivity contribution >= 4 is 15.9 Å². The maximum Gasteiger partial charge on any atom is 0.168 e. The first-order valence-electron chi connectivity index (χ1n) is 3.18. The summed E-state index contributed by atoms with van der Waals surface area (Å²) in [5.74, 6) is 2.05. The molecular formula is C9H6BrFO. The third-order valence-corrected chi connectivity index (χ3v) is 1.96. The van der Waals surface area contributed by atoms with E-state index in [0.717, 1.165) is 0 Å². The first kappa shape index (κ1) is 9.08. The number of benzene rings is 1. The van der Waals surface area contributed by atoms with Crippen LogP contribution in [0.25, 0.3) is 0 Å². The van der Waals surface area contributed by atoms with Crippen LogP contribution in [0.3, 0.4) is 0 Å². The lowest BCUT2D eigenvalue weighted by Crippen LogP contribution is -1.90. The molecule has 0 heterocycles. The molecule has 0 fully saturated rings. The summed E-state index contributed by atoms with van der Waals surface area (Å²) in [5.41, 5.74) is 0.486. The zero-order valence-electron chi connectivity index (χ0n) is 6.40. The number of terminal acetylenes is 1. The van der Waals surface area contributed by atoms with E-state index in [1.54, 1.807) is 6.07 Å². The second-order valence-corrected chi connectivity index (χ2v) is 2.97. The molecule has 12 heavy (non-hydrogen) atoms. The number of rotatable bonds is 1. The molecule has 0 N–H and O–H groups in total. The third kappa shape index (κ3) is 1.59. The van der Waals surface area contributed by atoms with Crippen LogP contribution < -0.4 is 4.74 Å². The van der Waals surface area contributed by atoms with Crippen molar-refractivity contribution in [2.24, 2.45) is 0 Å². The van der Waals surface area contributed by atoms with Crippen LogP contribution in [0.5, 0.6) is 5.75 Å². The standard InChI is InChI=1S/C9H6BrFO/c1-3-6-4-7(10)9(12-2)8(11)5-6/h1,4-5H,2H3. The fraction of sp³-hybridized carbons (Fsp3) is 0.111. The molecule has 62 valence electrons. The van der Waals surface area contributed by atoms with Gasteiger partial charge >= 0.3 is 0 Å². The quantitative estimate of drug-likeness (QED) is 0.672. The van der Waals surface area contributed by atoms with Crippen molar-refractivity contribution in [3.63, 3.8) is 0 Å². The zero-order valence-corrected chi connectivity index (χ0v) is 7.98. The molecule has 1 aromatic carbocycles. The second kappa shape index (κ2) is 3.59. The minimum atomic E-state index is -0.458. The van der Waals surface area contributed by atoms with Crippen LogP contribution in [0.2, 0.25) is 0 Å². The Morgan fingerprint density at radius 3 is 2.67 bits per heavy atom. The minimum Gasteiger partial charge on any atom is -0.492 e. The van der Waals surface area contributed by atoms with Crippen LogP contribution in [0, 0.1) is 18.2 Å². The largest absolute Gasteiger partial charge is 0.492 e. The molecule has 0 aromatic heterocycles. The van der Waals surface area contributed by atoms with Crippen molar-refractivity contribution in [3.05, 3.63) is 28.0 Å². The van der Waals surface area contributed by atoms with Gasteiger partial charge in [-0.15, -0.1) is 6.42 Å². The lowest BCUT2D eigenvalue weighted by molar-refractivity contribution is 0.383. The van der Waals surface area contributed by atoms with Gasteiger partial charge in [-0.2, -0.15) is 0 Å². The maximum absolute atomic E-state index is 13.0. The van der Waals surface area contributed by atoms with Gasteiger partial charge in [-0.3, -0.25) is 0 Å². The van der Waals surface area contributed by atoms with Crippen LogP contribution in [-0.4, -0.2) is 7.11 Å². The SMILES string of the molecule is C#Cc1cc(F)c(OC)c(Br)c1. The third-order valence-electron chi connectivity index (χ3n) is 1.37. The Morgan fingerprint density at radius 1 is 1.58 bits per heavy atom. The summed E-state index contributed by atoms with van der Waals surface area (Å²) in [6, 6.07) is 2.88. The number of halogens is 2. The van der Waals surface area contributed by atoms with Gasteiger partial charge in [-0.1, -0.05) is 5.92 Å². The van der Waals surface area contributed by atoms with Gasteiger partial charge in [0.1, 0.15) is 0 Å². The molecule has 0 saturated carbocycles. The van der Waals surface area contributed by atoms with E-state index >= 15 is 0 Å². The first-order chi connectivity index (χ1) is 5.69. The Morgan fingerprint density at radius 2 is 2.25 bits per heavy atom. The number of ether oxygens (including phenoxy) is 1. The molecule has 1 rings (SSSR count). The van der Waals surface area contributed by atoms with Gasteiger partial charge in [-0.25, -0.2) is 4.39 Å². The topological polar surface area (TPSA) is 9.23 Å². The summed E-state index contributed by atoms with van der Waals surface area (Å²) in [6.07, 6.45) is 5.10. The van der Waals surface area contributed by atoms with E-state index in [9.17, 15) is 4.39 Å².